The van der Waals surface area contributed by atoms with Gasteiger partial charge >= 0.3 is 5.97 Å². The van der Waals surface area contributed by atoms with E-state index in [4.69, 9.17) is 15.6 Å². The molecule has 0 atom stereocenters. The second kappa shape index (κ2) is 4.79. The molecule has 1 amide bonds. The Labute approximate surface area is 110 Å². The number of hydrogen-bond donors (Lipinski definition) is 3. The van der Waals surface area contributed by atoms with Gasteiger partial charge in [-0.05, 0) is 25.0 Å². The normalized spacial score (nSPS) is 15.6. The van der Waals surface area contributed by atoms with E-state index < -0.39 is 11.4 Å². The lowest BCUT2D eigenvalue weighted by molar-refractivity contribution is -0.143. The highest BCUT2D eigenvalue weighted by molar-refractivity contribution is 5.99. The van der Waals surface area contributed by atoms with Crippen molar-refractivity contribution in [2.75, 3.05) is 19.4 Å². The maximum absolute atomic E-state index is 11.9. The number of carbonyl (C=O) groups excluding carboxylic acids is 1. The van der Waals surface area contributed by atoms with E-state index in [1.165, 1.54) is 7.11 Å². The SMILES string of the molecule is COc1ccc(C(=O)NCC2(C(=O)O)CC2)c(N)c1. The van der Waals surface area contributed by atoms with Gasteiger partial charge in [0.15, 0.2) is 0 Å². The van der Waals surface area contributed by atoms with Crippen LogP contribution in [0.4, 0.5) is 5.69 Å². The van der Waals surface area contributed by atoms with Crippen molar-refractivity contribution in [1.82, 2.24) is 5.32 Å². The highest BCUT2D eigenvalue weighted by Crippen LogP contribution is 2.45. The van der Waals surface area contributed by atoms with Crippen molar-refractivity contribution in [2.24, 2.45) is 5.41 Å². The molecule has 0 aromatic heterocycles. The fraction of sp³-hybridized carbons (Fsp3) is 0.385. The summed E-state index contributed by atoms with van der Waals surface area (Å²) in [4.78, 5) is 22.9. The number of anilines is 1. The molecule has 1 aliphatic rings. The van der Waals surface area contributed by atoms with Gasteiger partial charge in [-0.1, -0.05) is 0 Å². The minimum atomic E-state index is -0.865. The molecular weight excluding hydrogens is 248 g/mol. The van der Waals surface area contributed by atoms with E-state index in [9.17, 15) is 9.59 Å². The smallest absolute Gasteiger partial charge is 0.311 e. The zero-order chi connectivity index (χ0) is 14.0. The summed E-state index contributed by atoms with van der Waals surface area (Å²) in [5, 5.41) is 11.6. The summed E-state index contributed by atoms with van der Waals surface area (Å²) in [5.41, 5.74) is 5.60. The van der Waals surface area contributed by atoms with Gasteiger partial charge in [0, 0.05) is 18.3 Å². The van der Waals surface area contributed by atoms with E-state index in [1.54, 1.807) is 18.2 Å². The Morgan fingerprint density at radius 2 is 2.16 bits per heavy atom. The van der Waals surface area contributed by atoms with Gasteiger partial charge in [-0.2, -0.15) is 0 Å². The molecule has 0 aliphatic heterocycles. The molecule has 1 aromatic rings. The van der Waals surface area contributed by atoms with Gasteiger partial charge in [-0.25, -0.2) is 0 Å². The lowest BCUT2D eigenvalue weighted by atomic mass is 10.1. The van der Waals surface area contributed by atoms with Crippen molar-refractivity contribution in [3.8, 4) is 5.75 Å². The van der Waals surface area contributed by atoms with Crippen LogP contribution in [0.15, 0.2) is 18.2 Å². The molecule has 0 bridgehead atoms. The fourth-order valence-electron chi connectivity index (χ4n) is 1.84. The standard InChI is InChI=1S/C13H16N2O4/c1-19-8-2-3-9(10(14)6-8)11(16)15-7-13(4-5-13)12(17)18/h2-3,6H,4-5,7,14H2,1H3,(H,15,16)(H,17,18). The number of carboxylic acid groups (broad SMARTS) is 1. The molecule has 0 saturated heterocycles. The summed E-state index contributed by atoms with van der Waals surface area (Å²) >= 11 is 0. The molecule has 0 radical (unpaired) electrons. The molecule has 2 rings (SSSR count). The number of carboxylic acids is 1. The molecule has 19 heavy (non-hydrogen) atoms. The molecule has 0 heterocycles. The van der Waals surface area contributed by atoms with Crippen molar-refractivity contribution in [3.63, 3.8) is 0 Å². The van der Waals surface area contributed by atoms with Gasteiger partial charge in [0.2, 0.25) is 0 Å². The van der Waals surface area contributed by atoms with Gasteiger partial charge in [0.1, 0.15) is 5.75 Å². The highest BCUT2D eigenvalue weighted by atomic mass is 16.5. The summed E-state index contributed by atoms with van der Waals surface area (Å²) in [7, 11) is 1.51. The number of hydrogen-bond acceptors (Lipinski definition) is 4. The number of nitrogens with two attached hydrogens (primary N) is 1. The lowest BCUT2D eigenvalue weighted by Gasteiger charge is -2.12. The molecule has 0 unspecified atom stereocenters. The van der Waals surface area contributed by atoms with Crippen LogP contribution in [-0.4, -0.2) is 30.6 Å². The van der Waals surface area contributed by atoms with Crippen LogP contribution in [0.25, 0.3) is 0 Å². The van der Waals surface area contributed by atoms with Crippen molar-refractivity contribution < 1.29 is 19.4 Å². The second-order valence-electron chi connectivity index (χ2n) is 4.72. The third kappa shape index (κ3) is 2.62. The first-order chi connectivity index (χ1) is 8.98. The molecule has 1 aliphatic carbocycles. The summed E-state index contributed by atoms with van der Waals surface area (Å²) in [6.45, 7) is 0.132. The average Bonchev–Trinajstić information content (AvgIpc) is 3.17. The molecular formula is C13H16N2O4. The van der Waals surface area contributed by atoms with Crippen LogP contribution in [0.1, 0.15) is 23.2 Å². The van der Waals surface area contributed by atoms with Crippen LogP contribution in [0.5, 0.6) is 5.75 Å². The lowest BCUT2D eigenvalue weighted by Crippen LogP contribution is -2.34. The summed E-state index contributed by atoms with van der Waals surface area (Å²) in [6, 6.07) is 4.75. The van der Waals surface area contributed by atoms with Crippen molar-refractivity contribution in [3.05, 3.63) is 23.8 Å². The number of nitrogen functional groups attached to an aromatic ring is 1. The van der Waals surface area contributed by atoms with Crippen LogP contribution in [0.2, 0.25) is 0 Å². The van der Waals surface area contributed by atoms with E-state index in [1.807, 2.05) is 0 Å². The summed E-state index contributed by atoms with van der Waals surface area (Å²) in [6.07, 6.45) is 1.20. The quantitative estimate of drug-likeness (QED) is 0.685. The second-order valence-corrected chi connectivity index (χ2v) is 4.72. The van der Waals surface area contributed by atoms with Crippen LogP contribution in [0.3, 0.4) is 0 Å². The van der Waals surface area contributed by atoms with Gasteiger partial charge in [0.05, 0.1) is 18.1 Å². The Kier molecular flexibility index (Phi) is 3.33. The maximum atomic E-state index is 11.9. The number of ether oxygens (including phenoxy) is 1. The molecule has 1 saturated carbocycles. The third-order valence-corrected chi connectivity index (χ3v) is 3.40. The Bertz CT molecular complexity index is 523. The van der Waals surface area contributed by atoms with E-state index >= 15 is 0 Å². The fourth-order valence-corrected chi connectivity index (χ4v) is 1.84. The first-order valence-electron chi connectivity index (χ1n) is 5.94. The van der Waals surface area contributed by atoms with Gasteiger partial charge in [-0.15, -0.1) is 0 Å². The van der Waals surface area contributed by atoms with Gasteiger partial charge in [-0.3, -0.25) is 9.59 Å². The van der Waals surface area contributed by atoms with Crippen LogP contribution in [-0.2, 0) is 4.79 Å². The number of amides is 1. The summed E-state index contributed by atoms with van der Waals surface area (Å²) in [5.74, 6) is -0.665. The molecule has 1 fully saturated rings. The minimum absolute atomic E-state index is 0.132. The Hall–Kier alpha value is -2.24. The van der Waals surface area contributed by atoms with Crippen molar-refractivity contribution in [2.45, 2.75) is 12.8 Å². The van der Waals surface area contributed by atoms with Crippen LogP contribution < -0.4 is 15.8 Å². The maximum Gasteiger partial charge on any atom is 0.311 e. The monoisotopic (exact) mass is 264 g/mol. The first-order valence-corrected chi connectivity index (χ1v) is 5.94. The number of rotatable bonds is 5. The third-order valence-electron chi connectivity index (χ3n) is 3.40. The Balaban J connectivity index is 2.02. The predicted molar refractivity (Wildman–Crippen MR) is 69.0 cm³/mol. The molecule has 102 valence electrons. The highest BCUT2D eigenvalue weighted by Gasteiger charge is 2.50. The number of benzene rings is 1. The average molecular weight is 264 g/mol. The van der Waals surface area contributed by atoms with Gasteiger partial charge < -0.3 is 20.9 Å². The molecule has 0 spiro atoms. The van der Waals surface area contributed by atoms with E-state index in [0.29, 0.717) is 29.8 Å². The van der Waals surface area contributed by atoms with Gasteiger partial charge in [0.25, 0.3) is 5.91 Å². The molecule has 4 N–H and O–H groups in total. The predicted octanol–water partition coefficient (Wildman–Crippen LogP) is 0.872. The van der Waals surface area contributed by atoms with E-state index in [0.717, 1.165) is 0 Å². The summed E-state index contributed by atoms with van der Waals surface area (Å²) < 4.78 is 5.00. The minimum Gasteiger partial charge on any atom is -0.497 e. The number of nitrogens with one attached hydrogen (secondary N) is 1. The topological polar surface area (TPSA) is 102 Å². The van der Waals surface area contributed by atoms with Crippen LogP contribution in [0, 0.1) is 5.41 Å². The Morgan fingerprint density at radius 3 is 2.63 bits per heavy atom. The largest absolute Gasteiger partial charge is 0.497 e. The van der Waals surface area contributed by atoms with Crippen molar-refractivity contribution in [1.29, 1.82) is 0 Å². The molecule has 6 heteroatoms. The molecule has 6 nitrogen and oxygen atoms in total. The van der Waals surface area contributed by atoms with E-state index in [2.05, 4.69) is 5.32 Å². The van der Waals surface area contributed by atoms with Crippen LogP contribution >= 0.6 is 0 Å². The number of carbonyl (C=O) groups is 2. The molecule has 1 aromatic carbocycles. The number of methoxy groups -OCH3 is 1. The number of aliphatic carboxylic acids is 1. The zero-order valence-electron chi connectivity index (χ0n) is 10.6. The van der Waals surface area contributed by atoms with Crippen molar-refractivity contribution >= 4 is 17.6 Å². The first kappa shape index (κ1) is 13.2. The Morgan fingerprint density at radius 1 is 1.47 bits per heavy atom. The van der Waals surface area contributed by atoms with E-state index in [-0.39, 0.29) is 12.5 Å². The zero-order valence-corrected chi connectivity index (χ0v) is 10.6.